The zero-order valence-electron chi connectivity index (χ0n) is 19.5. The second kappa shape index (κ2) is 11.9. The Bertz CT molecular complexity index is 1080. The maximum absolute atomic E-state index is 12.4. The molecule has 7 heteroatoms. The number of rotatable bonds is 10. The molecular formula is C27H30NO5P. The zero-order valence-corrected chi connectivity index (χ0v) is 20.9. The van der Waals surface area contributed by atoms with Gasteiger partial charge in [0.05, 0.1) is 17.7 Å². The predicted octanol–water partition coefficient (Wildman–Crippen LogP) is 4.81. The first kappa shape index (κ1) is 25.6. The van der Waals surface area contributed by atoms with Crippen molar-refractivity contribution in [3.05, 3.63) is 101 Å². The SMILES string of the molecule is Cc1ccc(COc2ccc(CCOC(C)OCN3C(=O)c4ccccc4C3=O)cc2)cc1.P. The highest BCUT2D eigenvalue weighted by molar-refractivity contribution is 6.92. The molecule has 1 aliphatic rings. The van der Waals surface area contributed by atoms with Crippen LogP contribution in [0.25, 0.3) is 0 Å². The molecule has 2 amide bonds. The van der Waals surface area contributed by atoms with Crippen molar-refractivity contribution in [2.45, 2.75) is 33.2 Å². The number of amides is 2. The Kier molecular flexibility index (Phi) is 8.94. The van der Waals surface area contributed by atoms with Crippen molar-refractivity contribution < 1.29 is 23.8 Å². The van der Waals surface area contributed by atoms with Crippen LogP contribution in [-0.4, -0.2) is 36.3 Å². The van der Waals surface area contributed by atoms with E-state index in [1.165, 1.54) is 5.56 Å². The van der Waals surface area contributed by atoms with Gasteiger partial charge in [0.15, 0.2) is 6.29 Å². The lowest BCUT2D eigenvalue weighted by atomic mass is 10.1. The van der Waals surface area contributed by atoms with Crippen molar-refractivity contribution >= 4 is 21.7 Å². The molecule has 0 bridgehead atoms. The molecule has 2 atom stereocenters. The van der Waals surface area contributed by atoms with E-state index in [1.807, 2.05) is 24.3 Å². The number of ether oxygens (including phenoxy) is 3. The van der Waals surface area contributed by atoms with Gasteiger partial charge in [0.2, 0.25) is 0 Å². The average Bonchev–Trinajstić information content (AvgIpc) is 3.08. The molecule has 0 fully saturated rings. The van der Waals surface area contributed by atoms with Gasteiger partial charge in [0, 0.05) is 0 Å². The van der Waals surface area contributed by atoms with Crippen molar-refractivity contribution in [3.63, 3.8) is 0 Å². The lowest BCUT2D eigenvalue weighted by molar-refractivity contribution is -0.145. The maximum atomic E-state index is 12.4. The molecule has 0 spiro atoms. The van der Waals surface area contributed by atoms with Gasteiger partial charge in [-0.25, -0.2) is 4.90 Å². The van der Waals surface area contributed by atoms with Crippen LogP contribution in [0, 0.1) is 6.92 Å². The molecule has 0 saturated carbocycles. The predicted molar refractivity (Wildman–Crippen MR) is 135 cm³/mol. The molecule has 0 aliphatic carbocycles. The summed E-state index contributed by atoms with van der Waals surface area (Å²) in [7, 11) is 0. The van der Waals surface area contributed by atoms with Crippen molar-refractivity contribution in [2.24, 2.45) is 0 Å². The number of carbonyl (C=O) groups excluding carboxylic acids is 2. The number of benzene rings is 3. The zero-order chi connectivity index (χ0) is 23.2. The van der Waals surface area contributed by atoms with Gasteiger partial charge in [-0.15, -0.1) is 0 Å². The topological polar surface area (TPSA) is 65.1 Å². The van der Waals surface area contributed by atoms with Gasteiger partial charge in [-0.05, 0) is 55.7 Å². The van der Waals surface area contributed by atoms with Crippen LogP contribution in [-0.2, 0) is 22.5 Å². The molecule has 0 saturated heterocycles. The highest BCUT2D eigenvalue weighted by Crippen LogP contribution is 2.22. The average molecular weight is 480 g/mol. The van der Waals surface area contributed by atoms with Gasteiger partial charge in [-0.2, -0.15) is 9.90 Å². The fourth-order valence-electron chi connectivity index (χ4n) is 3.53. The standard InChI is InChI=1S/C27H27NO5.H3P/c1-19-7-9-22(10-8-19)17-32-23-13-11-21(12-14-23)15-16-31-20(2)33-18-28-26(29)24-5-3-4-6-25(24)27(28)30;/h3-14,20H,15-18H2,1-2H3;1H3. The number of hydrogen-bond acceptors (Lipinski definition) is 5. The third-order valence-corrected chi connectivity index (χ3v) is 5.51. The summed E-state index contributed by atoms with van der Waals surface area (Å²) in [4.78, 5) is 25.8. The van der Waals surface area contributed by atoms with Gasteiger partial charge in [0.25, 0.3) is 11.8 Å². The Morgan fingerprint density at radius 2 is 1.38 bits per heavy atom. The first-order chi connectivity index (χ1) is 16.0. The summed E-state index contributed by atoms with van der Waals surface area (Å²) < 4.78 is 17.1. The van der Waals surface area contributed by atoms with Crippen LogP contribution in [0.4, 0.5) is 0 Å². The smallest absolute Gasteiger partial charge is 0.263 e. The molecule has 0 N–H and O–H groups in total. The number of imide groups is 1. The molecule has 34 heavy (non-hydrogen) atoms. The largest absolute Gasteiger partial charge is 0.489 e. The molecule has 6 nitrogen and oxygen atoms in total. The van der Waals surface area contributed by atoms with E-state index in [-0.39, 0.29) is 28.4 Å². The van der Waals surface area contributed by atoms with E-state index < -0.39 is 6.29 Å². The molecule has 0 aromatic heterocycles. The number of nitrogens with zero attached hydrogens (tertiary/aromatic N) is 1. The number of carbonyl (C=O) groups is 2. The third-order valence-electron chi connectivity index (χ3n) is 5.51. The summed E-state index contributed by atoms with van der Waals surface area (Å²) in [5.74, 6) is 0.137. The highest BCUT2D eigenvalue weighted by Gasteiger charge is 2.35. The van der Waals surface area contributed by atoms with Gasteiger partial charge in [-0.3, -0.25) is 9.59 Å². The van der Waals surface area contributed by atoms with E-state index in [0.29, 0.717) is 30.8 Å². The minimum absolute atomic E-state index is 0. The third kappa shape index (κ3) is 6.29. The van der Waals surface area contributed by atoms with E-state index in [9.17, 15) is 9.59 Å². The molecule has 0 radical (unpaired) electrons. The molecule has 4 rings (SSSR count). The molecule has 1 aliphatic heterocycles. The summed E-state index contributed by atoms with van der Waals surface area (Å²) in [6.07, 6.45) is 0.158. The first-order valence-electron chi connectivity index (χ1n) is 11.0. The van der Waals surface area contributed by atoms with E-state index in [0.717, 1.165) is 21.8 Å². The Labute approximate surface area is 203 Å². The summed E-state index contributed by atoms with van der Waals surface area (Å²) in [6, 6.07) is 23.0. The number of fused-ring (bicyclic) bond motifs is 1. The summed E-state index contributed by atoms with van der Waals surface area (Å²) in [6.45, 7) is 4.66. The molecular weight excluding hydrogens is 449 g/mol. The van der Waals surface area contributed by atoms with Gasteiger partial charge in [-0.1, -0.05) is 54.1 Å². The number of aryl methyl sites for hydroxylation is 1. The Morgan fingerprint density at radius 3 is 2.00 bits per heavy atom. The Balaban J connectivity index is 0.00000324. The molecule has 178 valence electrons. The summed E-state index contributed by atoms with van der Waals surface area (Å²) in [5.41, 5.74) is 4.30. The van der Waals surface area contributed by atoms with Crippen LogP contribution in [0.3, 0.4) is 0 Å². The molecule has 3 aromatic carbocycles. The molecule has 3 aromatic rings. The number of hydrogen-bond donors (Lipinski definition) is 0. The van der Waals surface area contributed by atoms with Crippen molar-refractivity contribution in [1.29, 1.82) is 0 Å². The quantitative estimate of drug-likeness (QED) is 0.237. The van der Waals surface area contributed by atoms with Crippen LogP contribution in [0.1, 0.15) is 44.3 Å². The Morgan fingerprint density at radius 1 is 0.794 bits per heavy atom. The monoisotopic (exact) mass is 479 g/mol. The van der Waals surface area contributed by atoms with E-state index in [4.69, 9.17) is 14.2 Å². The summed E-state index contributed by atoms with van der Waals surface area (Å²) >= 11 is 0. The minimum atomic E-state index is -0.550. The van der Waals surface area contributed by atoms with Crippen molar-refractivity contribution in [3.8, 4) is 5.75 Å². The normalized spacial score (nSPS) is 13.4. The van der Waals surface area contributed by atoms with Gasteiger partial charge < -0.3 is 14.2 Å². The van der Waals surface area contributed by atoms with Crippen molar-refractivity contribution in [2.75, 3.05) is 13.3 Å². The van der Waals surface area contributed by atoms with E-state index >= 15 is 0 Å². The highest BCUT2D eigenvalue weighted by atomic mass is 31.0. The lowest BCUT2D eigenvalue weighted by Crippen LogP contribution is -2.34. The van der Waals surface area contributed by atoms with Gasteiger partial charge in [0.1, 0.15) is 19.1 Å². The van der Waals surface area contributed by atoms with E-state index in [1.54, 1.807) is 31.2 Å². The van der Waals surface area contributed by atoms with E-state index in [2.05, 4.69) is 31.2 Å². The van der Waals surface area contributed by atoms with Crippen molar-refractivity contribution in [1.82, 2.24) is 4.90 Å². The van der Waals surface area contributed by atoms with Crippen LogP contribution in [0.15, 0.2) is 72.8 Å². The van der Waals surface area contributed by atoms with Crippen LogP contribution in [0.2, 0.25) is 0 Å². The Hall–Kier alpha value is -3.05. The minimum Gasteiger partial charge on any atom is -0.489 e. The van der Waals surface area contributed by atoms with Gasteiger partial charge >= 0.3 is 0 Å². The molecule has 2 unspecified atom stereocenters. The second-order valence-electron chi connectivity index (χ2n) is 7.99. The first-order valence-corrected chi connectivity index (χ1v) is 11.0. The van der Waals surface area contributed by atoms with Crippen LogP contribution < -0.4 is 4.74 Å². The lowest BCUT2D eigenvalue weighted by Gasteiger charge is -2.19. The second-order valence-corrected chi connectivity index (χ2v) is 7.99. The maximum Gasteiger partial charge on any atom is 0.263 e. The fourth-order valence-corrected chi connectivity index (χ4v) is 3.53. The fraction of sp³-hybridized carbons (Fsp3) is 0.259. The molecule has 1 heterocycles. The van der Waals surface area contributed by atoms with Crippen LogP contribution in [0.5, 0.6) is 5.75 Å². The van der Waals surface area contributed by atoms with Crippen LogP contribution >= 0.6 is 9.90 Å². The summed E-state index contributed by atoms with van der Waals surface area (Å²) in [5, 5.41) is 0.